The molecule has 0 aliphatic rings. The van der Waals surface area contributed by atoms with Crippen molar-refractivity contribution < 1.29 is 28.6 Å². The fourth-order valence-electron chi connectivity index (χ4n) is 7.66. The van der Waals surface area contributed by atoms with Gasteiger partial charge in [0.1, 0.15) is 13.2 Å². The Morgan fingerprint density at radius 1 is 0.290 bits per heavy atom. The third-order valence-electron chi connectivity index (χ3n) is 12.0. The first-order valence-electron chi connectivity index (χ1n) is 28.7. The summed E-state index contributed by atoms with van der Waals surface area (Å²) in [7, 11) is 0. The zero-order valence-electron chi connectivity index (χ0n) is 45.0. The molecule has 69 heavy (non-hydrogen) atoms. The molecule has 394 valence electrons. The summed E-state index contributed by atoms with van der Waals surface area (Å²) < 4.78 is 16.8. The Morgan fingerprint density at radius 2 is 0.522 bits per heavy atom. The third kappa shape index (κ3) is 55.1. The van der Waals surface area contributed by atoms with E-state index in [9.17, 15) is 14.4 Å². The summed E-state index contributed by atoms with van der Waals surface area (Å²) in [4.78, 5) is 38.2. The third-order valence-corrected chi connectivity index (χ3v) is 12.0. The molecule has 0 unspecified atom stereocenters. The van der Waals surface area contributed by atoms with Crippen LogP contribution in [0.4, 0.5) is 0 Å². The van der Waals surface area contributed by atoms with Gasteiger partial charge in [-0.1, -0.05) is 214 Å². The number of esters is 3. The standard InChI is InChI=1S/C63H106O6/c1-4-7-10-13-16-19-22-25-28-30-31-33-36-38-41-44-47-50-53-56-62(65)68-59-60(69-63(66)57-54-51-48-45-42-39-34-27-24-21-18-15-12-9-6-3)58-67-61(64)55-52-49-46-43-40-37-35-32-29-26-23-20-17-14-11-8-5-2/h16-21,25-29,31,33-34,38,41,60H,4-15,22-24,30,32,35-37,39-40,42-59H2,1-3H3/b19-16-,20-17-,21-18-,28-25-,29-26-,33-31-,34-27-,41-38-/t60-/m0/s1. The van der Waals surface area contributed by atoms with Crippen molar-refractivity contribution in [3.05, 3.63) is 97.2 Å². The molecule has 0 heterocycles. The predicted octanol–water partition coefficient (Wildman–Crippen LogP) is 19.3. The lowest BCUT2D eigenvalue weighted by Crippen LogP contribution is -2.30. The van der Waals surface area contributed by atoms with Gasteiger partial charge in [0.15, 0.2) is 6.10 Å². The average molecular weight is 960 g/mol. The first-order valence-corrected chi connectivity index (χ1v) is 28.7. The quantitative estimate of drug-likeness (QED) is 0.0262. The van der Waals surface area contributed by atoms with Gasteiger partial charge in [-0.15, -0.1) is 0 Å². The van der Waals surface area contributed by atoms with Gasteiger partial charge in [0.2, 0.25) is 0 Å². The summed E-state index contributed by atoms with van der Waals surface area (Å²) in [5.74, 6) is -0.949. The molecule has 0 rings (SSSR count). The molecule has 0 N–H and O–H groups in total. The highest BCUT2D eigenvalue weighted by Gasteiger charge is 2.19. The fourth-order valence-corrected chi connectivity index (χ4v) is 7.66. The van der Waals surface area contributed by atoms with Crippen LogP contribution < -0.4 is 0 Å². The first-order chi connectivity index (χ1) is 34.0. The number of carbonyl (C=O) groups is 3. The number of rotatable bonds is 51. The van der Waals surface area contributed by atoms with Crippen molar-refractivity contribution in [2.24, 2.45) is 0 Å². The molecule has 0 aromatic carbocycles. The van der Waals surface area contributed by atoms with E-state index >= 15 is 0 Å². The molecule has 0 aliphatic carbocycles. The molecule has 0 spiro atoms. The summed E-state index contributed by atoms with van der Waals surface area (Å²) in [5.41, 5.74) is 0. The lowest BCUT2D eigenvalue weighted by Gasteiger charge is -2.18. The normalized spacial score (nSPS) is 12.8. The van der Waals surface area contributed by atoms with Crippen LogP contribution in [-0.4, -0.2) is 37.2 Å². The molecule has 6 nitrogen and oxygen atoms in total. The summed E-state index contributed by atoms with van der Waals surface area (Å²) in [6.45, 7) is 6.52. The second-order valence-corrected chi connectivity index (χ2v) is 18.8. The molecule has 6 heteroatoms. The Hall–Kier alpha value is -3.67. The zero-order valence-corrected chi connectivity index (χ0v) is 45.0. The van der Waals surface area contributed by atoms with E-state index in [1.54, 1.807) is 0 Å². The van der Waals surface area contributed by atoms with Crippen LogP contribution in [0.1, 0.15) is 265 Å². The van der Waals surface area contributed by atoms with E-state index in [4.69, 9.17) is 14.2 Å². The van der Waals surface area contributed by atoms with Crippen LogP contribution in [0.15, 0.2) is 97.2 Å². The van der Waals surface area contributed by atoms with Crippen molar-refractivity contribution in [1.82, 2.24) is 0 Å². The van der Waals surface area contributed by atoms with Gasteiger partial charge in [0, 0.05) is 19.3 Å². The summed E-state index contributed by atoms with van der Waals surface area (Å²) in [6.07, 6.45) is 75.3. The molecular formula is C63H106O6. The Bertz CT molecular complexity index is 1380. The van der Waals surface area contributed by atoms with E-state index in [1.807, 2.05) is 0 Å². The SMILES string of the molecule is CCCCC/C=C\C/C=C\C/C=C\C/C=C\CCCCCC(=O)OC[C@H](COC(=O)CCCCCCCCC/C=C\C/C=C\CCCCC)OC(=O)CCCCCCC/C=C\C/C=C\CCCCC. The highest BCUT2D eigenvalue weighted by atomic mass is 16.6. The van der Waals surface area contributed by atoms with Crippen LogP contribution in [0.3, 0.4) is 0 Å². The van der Waals surface area contributed by atoms with Gasteiger partial charge in [-0.05, 0) is 128 Å². The molecule has 0 aromatic rings. The molecule has 0 saturated heterocycles. The molecule has 0 bridgehead atoms. The molecule has 0 aliphatic heterocycles. The Balaban J connectivity index is 4.48. The van der Waals surface area contributed by atoms with Crippen molar-refractivity contribution in [3.8, 4) is 0 Å². The van der Waals surface area contributed by atoms with Gasteiger partial charge in [-0.25, -0.2) is 0 Å². The molecule has 1 atom stereocenters. The van der Waals surface area contributed by atoms with E-state index in [1.165, 1.54) is 103 Å². The van der Waals surface area contributed by atoms with E-state index < -0.39 is 6.10 Å². The van der Waals surface area contributed by atoms with Crippen molar-refractivity contribution >= 4 is 17.9 Å². The van der Waals surface area contributed by atoms with Crippen molar-refractivity contribution in [1.29, 1.82) is 0 Å². The maximum Gasteiger partial charge on any atom is 0.306 e. The summed E-state index contributed by atoms with van der Waals surface area (Å²) in [6, 6.07) is 0. The van der Waals surface area contributed by atoms with Crippen molar-refractivity contribution in [2.75, 3.05) is 13.2 Å². The molecular weight excluding hydrogens is 853 g/mol. The Kier molecular flexibility index (Phi) is 53.9. The van der Waals surface area contributed by atoms with Crippen LogP contribution in [0.2, 0.25) is 0 Å². The van der Waals surface area contributed by atoms with E-state index in [0.29, 0.717) is 19.3 Å². The monoisotopic (exact) mass is 959 g/mol. The van der Waals surface area contributed by atoms with Gasteiger partial charge >= 0.3 is 17.9 Å². The van der Waals surface area contributed by atoms with Gasteiger partial charge in [0.05, 0.1) is 0 Å². The van der Waals surface area contributed by atoms with Crippen molar-refractivity contribution in [3.63, 3.8) is 0 Å². The molecule has 0 saturated carbocycles. The molecule has 0 fully saturated rings. The van der Waals surface area contributed by atoms with Crippen LogP contribution in [0, 0.1) is 0 Å². The highest BCUT2D eigenvalue weighted by molar-refractivity contribution is 5.71. The summed E-state index contributed by atoms with van der Waals surface area (Å²) in [5, 5.41) is 0. The smallest absolute Gasteiger partial charge is 0.306 e. The molecule has 0 radical (unpaired) electrons. The number of hydrogen-bond donors (Lipinski definition) is 0. The van der Waals surface area contributed by atoms with Crippen LogP contribution in [-0.2, 0) is 28.6 Å². The lowest BCUT2D eigenvalue weighted by atomic mass is 10.1. The van der Waals surface area contributed by atoms with Crippen LogP contribution in [0.25, 0.3) is 0 Å². The first kappa shape index (κ1) is 65.3. The number of ether oxygens (including phenoxy) is 3. The maximum absolute atomic E-state index is 12.8. The van der Waals surface area contributed by atoms with Gasteiger partial charge < -0.3 is 14.2 Å². The van der Waals surface area contributed by atoms with E-state index in [-0.39, 0.29) is 31.1 Å². The minimum Gasteiger partial charge on any atom is -0.462 e. The Labute approximate surface area is 426 Å². The second kappa shape index (κ2) is 56.9. The van der Waals surface area contributed by atoms with Gasteiger partial charge in [-0.3, -0.25) is 14.4 Å². The summed E-state index contributed by atoms with van der Waals surface area (Å²) >= 11 is 0. The molecule has 0 aromatic heterocycles. The van der Waals surface area contributed by atoms with Crippen molar-refractivity contribution in [2.45, 2.75) is 271 Å². The lowest BCUT2D eigenvalue weighted by molar-refractivity contribution is -0.167. The van der Waals surface area contributed by atoms with E-state index in [0.717, 1.165) is 122 Å². The minimum absolute atomic E-state index is 0.0984. The van der Waals surface area contributed by atoms with Gasteiger partial charge in [0.25, 0.3) is 0 Å². The number of unbranched alkanes of at least 4 members (excludes halogenated alkanes) is 24. The topological polar surface area (TPSA) is 78.9 Å². The van der Waals surface area contributed by atoms with Crippen LogP contribution >= 0.6 is 0 Å². The molecule has 0 amide bonds. The largest absolute Gasteiger partial charge is 0.462 e. The zero-order chi connectivity index (χ0) is 50.0. The highest BCUT2D eigenvalue weighted by Crippen LogP contribution is 2.14. The minimum atomic E-state index is -0.803. The predicted molar refractivity (Wildman–Crippen MR) is 297 cm³/mol. The van der Waals surface area contributed by atoms with E-state index in [2.05, 4.69) is 118 Å². The second-order valence-electron chi connectivity index (χ2n) is 18.8. The number of hydrogen-bond acceptors (Lipinski definition) is 6. The number of carbonyl (C=O) groups excluding carboxylic acids is 3. The maximum atomic E-state index is 12.8. The van der Waals surface area contributed by atoms with Crippen LogP contribution in [0.5, 0.6) is 0 Å². The van der Waals surface area contributed by atoms with Gasteiger partial charge in [-0.2, -0.15) is 0 Å². The Morgan fingerprint density at radius 3 is 0.826 bits per heavy atom. The number of allylic oxidation sites excluding steroid dienone is 16. The fraction of sp³-hybridized carbons (Fsp3) is 0.698. The average Bonchev–Trinajstić information content (AvgIpc) is 3.35.